The van der Waals surface area contributed by atoms with Crippen molar-refractivity contribution in [2.75, 3.05) is 7.11 Å². The van der Waals surface area contributed by atoms with E-state index in [1.165, 1.54) is 11.6 Å². The summed E-state index contributed by atoms with van der Waals surface area (Å²) in [6.07, 6.45) is 1.55. The van der Waals surface area contributed by atoms with Crippen LogP contribution in [0.25, 0.3) is 17.2 Å². The molecule has 0 amide bonds. The summed E-state index contributed by atoms with van der Waals surface area (Å²) in [5.41, 5.74) is 1.72. The third-order valence-electron chi connectivity index (χ3n) is 3.55. The van der Waals surface area contributed by atoms with Gasteiger partial charge in [-0.05, 0) is 19.1 Å². The Balaban J connectivity index is 1.69. The molecule has 4 aromatic rings. The van der Waals surface area contributed by atoms with E-state index in [-0.39, 0.29) is 12.5 Å². The summed E-state index contributed by atoms with van der Waals surface area (Å²) in [6, 6.07) is 6.95. The number of hydrogen-bond acceptors (Lipinski definition) is 8. The lowest BCUT2D eigenvalue weighted by molar-refractivity contribution is 0.264. The molecule has 0 aliphatic rings. The van der Waals surface area contributed by atoms with Crippen molar-refractivity contribution in [2.24, 2.45) is 0 Å². The molecule has 132 valence electrons. The van der Waals surface area contributed by atoms with Crippen molar-refractivity contribution in [1.29, 1.82) is 0 Å². The summed E-state index contributed by atoms with van der Waals surface area (Å²) < 4.78 is 17.7. The molecule has 4 heterocycles. The molecule has 0 radical (unpaired) electrons. The molecular formula is C16H13ClN6O3. The first-order chi connectivity index (χ1) is 12.6. The van der Waals surface area contributed by atoms with Crippen molar-refractivity contribution >= 4 is 17.2 Å². The molecule has 10 heteroatoms. The first-order valence-electron chi connectivity index (χ1n) is 7.61. The molecule has 0 spiro atoms. The molecule has 4 rings (SSSR count). The quantitative estimate of drug-likeness (QED) is 0.527. The third-order valence-corrected chi connectivity index (χ3v) is 3.77. The van der Waals surface area contributed by atoms with Crippen LogP contribution in [0.15, 0.2) is 35.0 Å². The Morgan fingerprint density at radius 1 is 1.23 bits per heavy atom. The van der Waals surface area contributed by atoms with Crippen LogP contribution in [-0.4, -0.2) is 37.1 Å². The minimum Gasteiger partial charge on any atom is -0.491 e. The van der Waals surface area contributed by atoms with Crippen molar-refractivity contribution in [3.8, 4) is 23.1 Å². The second-order valence-electron chi connectivity index (χ2n) is 5.39. The molecule has 0 bridgehead atoms. The van der Waals surface area contributed by atoms with Crippen LogP contribution in [0.4, 0.5) is 0 Å². The first kappa shape index (κ1) is 16.3. The van der Waals surface area contributed by atoms with Crippen molar-refractivity contribution in [3.05, 3.63) is 46.9 Å². The lowest BCUT2D eigenvalue weighted by Gasteiger charge is -2.09. The molecule has 0 N–H and O–H groups in total. The average molecular weight is 373 g/mol. The zero-order chi connectivity index (χ0) is 18.1. The smallest absolute Gasteiger partial charge is 0.275 e. The van der Waals surface area contributed by atoms with Crippen LogP contribution in [0.1, 0.15) is 11.5 Å². The van der Waals surface area contributed by atoms with Gasteiger partial charge in [-0.25, -0.2) is 0 Å². The minimum atomic E-state index is 0.201. The zero-order valence-electron chi connectivity index (χ0n) is 13.9. The number of aryl methyl sites for hydroxylation is 1. The Hall–Kier alpha value is -3.20. The number of ether oxygens (including phenoxy) is 2. The maximum Gasteiger partial charge on any atom is 0.275 e. The Labute approximate surface area is 152 Å². The van der Waals surface area contributed by atoms with E-state index in [1.807, 2.05) is 0 Å². The Morgan fingerprint density at radius 2 is 2.12 bits per heavy atom. The number of aromatic nitrogens is 6. The molecule has 0 saturated carbocycles. The van der Waals surface area contributed by atoms with Crippen LogP contribution < -0.4 is 9.47 Å². The fourth-order valence-corrected chi connectivity index (χ4v) is 2.42. The van der Waals surface area contributed by atoms with Gasteiger partial charge < -0.3 is 14.0 Å². The highest BCUT2D eigenvalue weighted by atomic mass is 35.5. The van der Waals surface area contributed by atoms with Crippen molar-refractivity contribution in [2.45, 2.75) is 13.5 Å². The Kier molecular flexibility index (Phi) is 4.13. The summed E-state index contributed by atoms with van der Waals surface area (Å²) in [6.45, 7) is 2.00. The third kappa shape index (κ3) is 3.04. The standard InChI is InChI=1S/C16H13ClN6O3/c1-9-5-12(22-26-9)15-20-19-14-6-13(24-2)16(21-23(14)15)25-8-11-4-3-10(17)7-18-11/h3-7H,8H2,1-2H3. The van der Waals surface area contributed by atoms with Crippen molar-refractivity contribution < 1.29 is 14.0 Å². The lowest BCUT2D eigenvalue weighted by Crippen LogP contribution is -2.05. The van der Waals surface area contributed by atoms with Gasteiger partial charge in [0.05, 0.1) is 17.8 Å². The molecule has 26 heavy (non-hydrogen) atoms. The van der Waals surface area contributed by atoms with Gasteiger partial charge in [-0.15, -0.1) is 15.3 Å². The van der Waals surface area contributed by atoms with Crippen LogP contribution in [0.3, 0.4) is 0 Å². The van der Waals surface area contributed by atoms with Gasteiger partial charge in [0.2, 0.25) is 5.82 Å². The predicted molar refractivity (Wildman–Crippen MR) is 91.1 cm³/mol. The molecule has 0 saturated heterocycles. The van der Waals surface area contributed by atoms with Crippen LogP contribution in [0.5, 0.6) is 11.6 Å². The lowest BCUT2D eigenvalue weighted by atomic mass is 10.3. The van der Waals surface area contributed by atoms with E-state index in [0.29, 0.717) is 39.4 Å². The Morgan fingerprint density at radius 3 is 2.81 bits per heavy atom. The number of methoxy groups -OCH3 is 1. The molecule has 0 aromatic carbocycles. The van der Waals surface area contributed by atoms with E-state index >= 15 is 0 Å². The molecular weight excluding hydrogens is 360 g/mol. The first-order valence-corrected chi connectivity index (χ1v) is 7.99. The number of fused-ring (bicyclic) bond motifs is 1. The maximum absolute atomic E-state index is 5.84. The zero-order valence-corrected chi connectivity index (χ0v) is 14.6. The number of halogens is 1. The highest BCUT2D eigenvalue weighted by Gasteiger charge is 2.17. The predicted octanol–water partition coefficient (Wildman–Crippen LogP) is 2.72. The second-order valence-corrected chi connectivity index (χ2v) is 5.83. The molecule has 0 aliphatic carbocycles. The molecule has 4 aromatic heterocycles. The number of pyridine rings is 1. The summed E-state index contributed by atoms with van der Waals surface area (Å²) in [4.78, 5) is 4.19. The van der Waals surface area contributed by atoms with Gasteiger partial charge in [0, 0.05) is 18.3 Å². The second kappa shape index (κ2) is 6.60. The maximum atomic E-state index is 5.84. The number of nitrogens with zero attached hydrogens (tertiary/aromatic N) is 6. The fraction of sp³-hybridized carbons (Fsp3) is 0.188. The highest BCUT2D eigenvalue weighted by Crippen LogP contribution is 2.28. The van der Waals surface area contributed by atoms with E-state index in [9.17, 15) is 0 Å². The molecule has 0 fully saturated rings. The van der Waals surface area contributed by atoms with E-state index in [4.69, 9.17) is 25.6 Å². The van der Waals surface area contributed by atoms with Crippen LogP contribution >= 0.6 is 11.6 Å². The van der Waals surface area contributed by atoms with Gasteiger partial charge in [0.1, 0.15) is 12.4 Å². The van der Waals surface area contributed by atoms with E-state index in [0.717, 1.165) is 0 Å². The van der Waals surface area contributed by atoms with Gasteiger partial charge >= 0.3 is 0 Å². The van der Waals surface area contributed by atoms with Gasteiger partial charge in [0.15, 0.2) is 17.1 Å². The molecule has 0 unspecified atom stereocenters. The van der Waals surface area contributed by atoms with Crippen molar-refractivity contribution in [3.63, 3.8) is 0 Å². The monoisotopic (exact) mass is 372 g/mol. The van der Waals surface area contributed by atoms with E-state index in [2.05, 4.69) is 25.4 Å². The average Bonchev–Trinajstić information content (AvgIpc) is 3.25. The van der Waals surface area contributed by atoms with Gasteiger partial charge in [0.25, 0.3) is 5.88 Å². The minimum absolute atomic E-state index is 0.201. The topological polar surface area (TPSA) is 100 Å². The largest absolute Gasteiger partial charge is 0.491 e. The molecule has 0 aliphatic heterocycles. The van der Waals surface area contributed by atoms with Gasteiger partial charge in [-0.2, -0.15) is 4.52 Å². The van der Waals surface area contributed by atoms with Crippen LogP contribution in [0.2, 0.25) is 5.02 Å². The van der Waals surface area contributed by atoms with E-state index in [1.54, 1.807) is 37.4 Å². The van der Waals surface area contributed by atoms with Crippen LogP contribution in [0, 0.1) is 6.92 Å². The Bertz CT molecular complexity index is 1060. The van der Waals surface area contributed by atoms with E-state index < -0.39 is 0 Å². The number of rotatable bonds is 5. The van der Waals surface area contributed by atoms with Gasteiger partial charge in [-0.1, -0.05) is 16.8 Å². The fourth-order valence-electron chi connectivity index (χ4n) is 2.31. The molecule has 9 nitrogen and oxygen atoms in total. The molecule has 0 atom stereocenters. The summed E-state index contributed by atoms with van der Waals surface area (Å²) in [5.74, 6) is 1.81. The van der Waals surface area contributed by atoms with Crippen LogP contribution in [-0.2, 0) is 6.61 Å². The number of hydrogen-bond donors (Lipinski definition) is 0. The summed E-state index contributed by atoms with van der Waals surface area (Å²) in [7, 11) is 1.53. The highest BCUT2D eigenvalue weighted by molar-refractivity contribution is 6.30. The van der Waals surface area contributed by atoms with Gasteiger partial charge in [-0.3, -0.25) is 4.98 Å². The summed E-state index contributed by atoms with van der Waals surface area (Å²) in [5, 5.41) is 17.1. The summed E-state index contributed by atoms with van der Waals surface area (Å²) >= 11 is 5.84. The van der Waals surface area contributed by atoms with Crippen molar-refractivity contribution in [1.82, 2.24) is 30.0 Å². The normalized spacial score (nSPS) is 11.0. The SMILES string of the molecule is COc1cc2nnc(-c3cc(C)on3)n2nc1OCc1ccc(Cl)cn1.